The Morgan fingerprint density at radius 3 is 2.02 bits per heavy atom. The average molecular weight is 766 g/mol. The van der Waals surface area contributed by atoms with Crippen LogP contribution in [0.15, 0.2) is 30.4 Å². The molecule has 3 rings (SSSR count). The number of aliphatic hydroxyl groups is 3. The number of carbonyl (C=O) groups is 5. The first-order valence-corrected chi connectivity index (χ1v) is 18.4. The Balaban J connectivity index is 1.28. The van der Waals surface area contributed by atoms with Gasteiger partial charge in [0.1, 0.15) is 36.5 Å². The van der Waals surface area contributed by atoms with Crippen molar-refractivity contribution >= 4 is 29.5 Å². The van der Waals surface area contributed by atoms with Gasteiger partial charge in [-0.1, -0.05) is 12.5 Å². The lowest BCUT2D eigenvalue weighted by atomic mass is 9.97. The smallest absolute Gasteiger partial charge is 0.335 e. The third kappa shape index (κ3) is 14.8. The highest BCUT2D eigenvalue weighted by atomic mass is 16.7. The van der Waals surface area contributed by atoms with Crippen LogP contribution in [-0.4, -0.2) is 132 Å². The van der Waals surface area contributed by atoms with Gasteiger partial charge in [-0.3, -0.25) is 24.1 Å². The number of carbonyl (C=O) groups excluding carboxylic acids is 4. The molecule has 2 amide bonds. The fourth-order valence-electron chi connectivity index (χ4n) is 5.49. The van der Waals surface area contributed by atoms with Gasteiger partial charge in [0.05, 0.1) is 31.8 Å². The summed E-state index contributed by atoms with van der Waals surface area (Å²) in [6.45, 7) is 7.80. The first-order valence-electron chi connectivity index (χ1n) is 18.4. The van der Waals surface area contributed by atoms with Crippen LogP contribution in [-0.2, 0) is 60.7 Å². The van der Waals surface area contributed by atoms with E-state index in [4.69, 9.17) is 28.4 Å². The first-order chi connectivity index (χ1) is 25.7. The summed E-state index contributed by atoms with van der Waals surface area (Å²) in [4.78, 5) is 60.3. The van der Waals surface area contributed by atoms with Crippen LogP contribution >= 0.6 is 0 Å². The van der Waals surface area contributed by atoms with Crippen LogP contribution in [0.4, 0.5) is 0 Å². The summed E-state index contributed by atoms with van der Waals surface area (Å²) >= 11 is 0. The van der Waals surface area contributed by atoms with E-state index in [1.54, 1.807) is 39.0 Å². The summed E-state index contributed by atoms with van der Waals surface area (Å²) < 4.78 is 33.2. The minimum Gasteiger partial charge on any atom is -0.479 e. The molecule has 5 atom stereocenters. The molecule has 2 aliphatic heterocycles. The van der Waals surface area contributed by atoms with Crippen LogP contribution < -0.4 is 4.74 Å². The van der Waals surface area contributed by atoms with E-state index in [9.17, 15) is 44.4 Å². The van der Waals surface area contributed by atoms with Gasteiger partial charge in [-0.25, -0.2) is 4.79 Å². The number of ether oxygens (including phenoxy) is 6. The molecule has 302 valence electrons. The van der Waals surface area contributed by atoms with Crippen molar-refractivity contribution < 1.29 is 72.8 Å². The van der Waals surface area contributed by atoms with Crippen molar-refractivity contribution in [1.82, 2.24) is 4.90 Å². The number of Topliss-reactive ketones (excluding diaryl/α,β-unsaturated/α-hetero) is 1. The van der Waals surface area contributed by atoms with Gasteiger partial charge in [-0.2, -0.15) is 0 Å². The Bertz CT molecular complexity index is 1410. The van der Waals surface area contributed by atoms with Crippen LogP contribution in [0.3, 0.4) is 0 Å². The molecule has 1 aromatic rings. The van der Waals surface area contributed by atoms with E-state index in [-0.39, 0.29) is 30.0 Å². The molecular weight excluding hydrogens is 710 g/mol. The van der Waals surface area contributed by atoms with E-state index in [2.05, 4.69) is 0 Å². The second-order valence-electron chi connectivity index (χ2n) is 14.2. The minimum absolute atomic E-state index is 0.137. The highest BCUT2D eigenvalue weighted by Gasteiger charge is 2.48. The first kappa shape index (κ1) is 44.6. The molecule has 16 heteroatoms. The van der Waals surface area contributed by atoms with Crippen molar-refractivity contribution in [2.75, 3.05) is 46.2 Å². The quantitative estimate of drug-likeness (QED) is 0.0634. The highest BCUT2D eigenvalue weighted by Crippen LogP contribution is 2.29. The van der Waals surface area contributed by atoms with Crippen LogP contribution in [0.2, 0.25) is 0 Å². The number of aliphatic carboxylic acids is 1. The van der Waals surface area contributed by atoms with Gasteiger partial charge in [0, 0.05) is 50.3 Å². The highest BCUT2D eigenvalue weighted by molar-refractivity contribution is 6.12. The summed E-state index contributed by atoms with van der Waals surface area (Å²) in [7, 11) is 0. The van der Waals surface area contributed by atoms with E-state index >= 15 is 0 Å². The van der Waals surface area contributed by atoms with Crippen molar-refractivity contribution in [1.29, 1.82) is 0 Å². The average Bonchev–Trinajstić information content (AvgIpc) is 3.44. The monoisotopic (exact) mass is 765 g/mol. The number of carboxylic acids is 1. The van der Waals surface area contributed by atoms with Gasteiger partial charge >= 0.3 is 11.9 Å². The lowest BCUT2D eigenvalue weighted by Gasteiger charge is -2.38. The predicted octanol–water partition coefficient (Wildman–Crippen LogP) is 1.86. The summed E-state index contributed by atoms with van der Waals surface area (Å²) in [6.07, 6.45) is -1.37. The standard InChI is InChI=1S/C38H55NO15/c1-38(2,3)37(48)52-24-26-23-25(12-13-28(26)53-36-33(45)31(43)32(44)34(54-36)35(46)47)9-7-17-49-19-21-51-22-20-50-18-8-11-27(40)10-5-4-6-16-39-29(41)14-15-30(39)42/h12-15,23,31-34,36,43-45H,4-11,16-22,24H2,1-3H3,(H,46,47)/t31-,32-,33+,34-,36+/m0/s1. The van der Waals surface area contributed by atoms with E-state index in [1.165, 1.54) is 17.1 Å². The van der Waals surface area contributed by atoms with Crippen molar-refractivity contribution in [2.45, 2.75) is 109 Å². The van der Waals surface area contributed by atoms with Crippen LogP contribution in [0.25, 0.3) is 0 Å². The van der Waals surface area contributed by atoms with Gasteiger partial charge in [0.25, 0.3) is 11.8 Å². The maximum absolute atomic E-state index is 12.5. The largest absolute Gasteiger partial charge is 0.479 e. The van der Waals surface area contributed by atoms with E-state index in [1.807, 2.05) is 0 Å². The van der Waals surface area contributed by atoms with E-state index in [0.29, 0.717) is 90.3 Å². The van der Waals surface area contributed by atoms with Gasteiger partial charge in [0.15, 0.2) is 6.10 Å². The molecule has 0 bridgehead atoms. The molecule has 0 radical (unpaired) electrons. The molecule has 0 spiro atoms. The Morgan fingerprint density at radius 1 is 0.778 bits per heavy atom. The fraction of sp³-hybridized carbons (Fsp3) is 0.658. The number of ketones is 1. The van der Waals surface area contributed by atoms with Crippen LogP contribution in [0, 0.1) is 5.41 Å². The molecule has 2 heterocycles. The Labute approximate surface area is 315 Å². The lowest BCUT2D eigenvalue weighted by Crippen LogP contribution is -2.61. The van der Waals surface area contributed by atoms with Crippen LogP contribution in [0.1, 0.15) is 76.8 Å². The molecule has 1 saturated heterocycles. The van der Waals surface area contributed by atoms with Gasteiger partial charge in [0.2, 0.25) is 6.29 Å². The zero-order chi connectivity index (χ0) is 39.7. The number of aliphatic hydroxyl groups excluding tert-OH is 3. The van der Waals surface area contributed by atoms with Gasteiger partial charge in [-0.05, 0) is 70.6 Å². The third-order valence-electron chi connectivity index (χ3n) is 8.63. The molecule has 0 aliphatic carbocycles. The number of rotatable bonds is 25. The maximum atomic E-state index is 12.5. The number of esters is 1. The summed E-state index contributed by atoms with van der Waals surface area (Å²) in [6, 6.07) is 5.08. The number of benzene rings is 1. The van der Waals surface area contributed by atoms with Crippen molar-refractivity contribution in [3.63, 3.8) is 0 Å². The van der Waals surface area contributed by atoms with Crippen molar-refractivity contribution in [3.8, 4) is 5.75 Å². The second-order valence-corrected chi connectivity index (χ2v) is 14.2. The summed E-state index contributed by atoms with van der Waals surface area (Å²) in [5.74, 6) is -2.26. The maximum Gasteiger partial charge on any atom is 0.335 e. The third-order valence-corrected chi connectivity index (χ3v) is 8.63. The molecule has 16 nitrogen and oxygen atoms in total. The van der Waals surface area contributed by atoms with Crippen LogP contribution in [0.5, 0.6) is 5.75 Å². The predicted molar refractivity (Wildman–Crippen MR) is 190 cm³/mol. The molecule has 1 fully saturated rings. The molecule has 0 unspecified atom stereocenters. The summed E-state index contributed by atoms with van der Waals surface area (Å²) in [5.41, 5.74) is 0.528. The number of carboxylic acid groups (broad SMARTS) is 1. The molecule has 0 aromatic heterocycles. The number of amides is 2. The zero-order valence-corrected chi connectivity index (χ0v) is 31.3. The SMILES string of the molecule is CC(C)(C)C(=O)OCc1cc(CCCOCCOCCOCCCC(=O)CCCCCN2C(=O)C=CC2=O)ccc1O[C@@H]1O[C@H](C(=O)O)[C@@H](O)[C@H](O)[C@H]1O. The molecular formula is C38H55NO15. The molecule has 0 saturated carbocycles. The van der Waals surface area contributed by atoms with Crippen molar-refractivity contribution in [2.24, 2.45) is 5.41 Å². The number of hydrogen-bond donors (Lipinski definition) is 4. The normalized spacial score (nSPS) is 21.4. The fourth-order valence-corrected chi connectivity index (χ4v) is 5.49. The number of hydrogen-bond acceptors (Lipinski definition) is 14. The minimum atomic E-state index is -1.86. The summed E-state index contributed by atoms with van der Waals surface area (Å²) in [5, 5.41) is 39.9. The number of aryl methyl sites for hydroxylation is 1. The Morgan fingerprint density at radius 2 is 1.39 bits per heavy atom. The Kier molecular flexibility index (Phi) is 18.7. The second kappa shape index (κ2) is 22.6. The van der Waals surface area contributed by atoms with Crippen molar-refractivity contribution in [3.05, 3.63) is 41.5 Å². The molecule has 1 aromatic carbocycles. The van der Waals surface area contributed by atoms with E-state index in [0.717, 1.165) is 18.4 Å². The van der Waals surface area contributed by atoms with Gasteiger partial charge in [-0.15, -0.1) is 0 Å². The topological polar surface area (TPSA) is 225 Å². The zero-order valence-electron chi connectivity index (χ0n) is 31.3. The Hall–Kier alpha value is -3.77. The van der Waals surface area contributed by atoms with Gasteiger partial charge < -0.3 is 48.8 Å². The lowest BCUT2D eigenvalue weighted by molar-refractivity contribution is -0.271. The molecule has 4 N–H and O–H groups in total. The number of imide groups is 1. The molecule has 54 heavy (non-hydrogen) atoms. The number of unbranched alkanes of at least 4 members (excludes halogenated alkanes) is 2. The molecule has 2 aliphatic rings. The van der Waals surface area contributed by atoms with E-state index < -0.39 is 48.1 Å². The number of nitrogens with zero attached hydrogens (tertiary/aromatic N) is 1.